The third-order valence-electron chi connectivity index (χ3n) is 6.96. The summed E-state index contributed by atoms with van der Waals surface area (Å²) in [5, 5.41) is 4.33. The molecule has 8 heteroatoms. The average Bonchev–Trinajstić information content (AvgIpc) is 3.57. The number of ether oxygens (including phenoxy) is 1. The number of nitrogens with zero attached hydrogens (tertiary/aromatic N) is 4. The second kappa shape index (κ2) is 10.8. The summed E-state index contributed by atoms with van der Waals surface area (Å²) in [6.07, 6.45) is 7.91. The van der Waals surface area contributed by atoms with Crippen LogP contribution in [0.5, 0.6) is 5.75 Å². The summed E-state index contributed by atoms with van der Waals surface area (Å²) < 4.78 is 7.73. The van der Waals surface area contributed by atoms with Crippen molar-refractivity contribution < 1.29 is 9.53 Å². The summed E-state index contributed by atoms with van der Waals surface area (Å²) >= 11 is 0. The minimum Gasteiger partial charge on any atom is -0.497 e. The van der Waals surface area contributed by atoms with Crippen molar-refractivity contribution in [3.05, 3.63) is 120 Å². The third-order valence-corrected chi connectivity index (χ3v) is 6.96. The Bertz CT molecular complexity index is 1730. The molecule has 6 aromatic rings. The number of rotatable bonds is 9. The Morgan fingerprint density at radius 1 is 1.05 bits per heavy atom. The number of imidazole rings is 1. The summed E-state index contributed by atoms with van der Waals surface area (Å²) in [5.41, 5.74) is 5.43. The zero-order chi connectivity index (χ0) is 26.6. The highest BCUT2D eigenvalue weighted by molar-refractivity contribution is 5.92. The van der Waals surface area contributed by atoms with Crippen molar-refractivity contribution in [1.82, 2.24) is 29.8 Å². The minimum absolute atomic E-state index is 0.259. The van der Waals surface area contributed by atoms with Gasteiger partial charge in [0.05, 0.1) is 30.4 Å². The van der Waals surface area contributed by atoms with Crippen LogP contribution in [0.3, 0.4) is 0 Å². The van der Waals surface area contributed by atoms with E-state index in [2.05, 4.69) is 43.0 Å². The first-order valence-corrected chi connectivity index (χ1v) is 12.9. The van der Waals surface area contributed by atoms with Gasteiger partial charge in [0.25, 0.3) is 5.91 Å². The minimum atomic E-state index is -0.423. The van der Waals surface area contributed by atoms with Gasteiger partial charge in [-0.05, 0) is 35.7 Å². The molecule has 1 unspecified atom stereocenters. The molecule has 3 aromatic heterocycles. The fourth-order valence-corrected chi connectivity index (χ4v) is 5.01. The fraction of sp³-hybridized carbons (Fsp3) is 0.161. The zero-order valence-corrected chi connectivity index (χ0v) is 21.5. The first-order chi connectivity index (χ1) is 19.2. The summed E-state index contributed by atoms with van der Waals surface area (Å²) in [6, 6.07) is 24.0. The summed E-state index contributed by atoms with van der Waals surface area (Å²) in [6.45, 7) is 0.689. The predicted octanol–water partition coefficient (Wildman–Crippen LogP) is 5.27. The predicted molar refractivity (Wildman–Crippen MR) is 151 cm³/mol. The normalized spacial score (nSPS) is 12.0. The average molecular weight is 517 g/mol. The van der Waals surface area contributed by atoms with Gasteiger partial charge in [0, 0.05) is 48.5 Å². The highest BCUT2D eigenvalue weighted by atomic mass is 16.5. The molecule has 0 spiro atoms. The van der Waals surface area contributed by atoms with Crippen LogP contribution in [-0.4, -0.2) is 37.5 Å². The van der Waals surface area contributed by atoms with Crippen LogP contribution in [0.25, 0.3) is 21.9 Å². The van der Waals surface area contributed by atoms with E-state index >= 15 is 0 Å². The molecule has 0 fully saturated rings. The number of nitrogens with one attached hydrogen (secondary N) is 2. The lowest BCUT2D eigenvalue weighted by Crippen LogP contribution is -2.32. The van der Waals surface area contributed by atoms with Gasteiger partial charge in [0.1, 0.15) is 17.3 Å². The maximum absolute atomic E-state index is 13.3. The zero-order valence-electron chi connectivity index (χ0n) is 21.5. The molecule has 6 rings (SSSR count). The Hall–Kier alpha value is -4.98. The Balaban J connectivity index is 1.44. The van der Waals surface area contributed by atoms with Crippen LogP contribution in [0.15, 0.2) is 97.6 Å². The van der Waals surface area contributed by atoms with Crippen molar-refractivity contribution in [2.45, 2.75) is 25.4 Å². The Morgan fingerprint density at radius 3 is 2.72 bits per heavy atom. The topological polar surface area (TPSA) is 97.7 Å². The number of amides is 1. The van der Waals surface area contributed by atoms with Crippen LogP contribution in [0.2, 0.25) is 0 Å². The van der Waals surface area contributed by atoms with E-state index in [9.17, 15) is 4.79 Å². The van der Waals surface area contributed by atoms with Gasteiger partial charge in [0.15, 0.2) is 0 Å². The summed E-state index contributed by atoms with van der Waals surface area (Å²) in [4.78, 5) is 30.0. The van der Waals surface area contributed by atoms with Gasteiger partial charge in [-0.15, -0.1) is 0 Å². The van der Waals surface area contributed by atoms with E-state index in [1.54, 1.807) is 13.3 Å². The maximum atomic E-state index is 13.3. The number of methoxy groups -OCH3 is 1. The number of aromatic nitrogens is 5. The van der Waals surface area contributed by atoms with Crippen molar-refractivity contribution in [3.8, 4) is 5.75 Å². The summed E-state index contributed by atoms with van der Waals surface area (Å²) in [5.74, 6) is 1.23. The molecule has 194 valence electrons. The molecule has 8 nitrogen and oxygen atoms in total. The lowest BCUT2D eigenvalue weighted by molar-refractivity contribution is 0.0928. The molecule has 0 saturated carbocycles. The number of benzene rings is 3. The van der Waals surface area contributed by atoms with E-state index in [-0.39, 0.29) is 11.6 Å². The van der Waals surface area contributed by atoms with Crippen LogP contribution >= 0.6 is 0 Å². The molecule has 0 radical (unpaired) electrons. The number of aromatic amines is 1. The van der Waals surface area contributed by atoms with E-state index in [0.29, 0.717) is 13.0 Å². The maximum Gasteiger partial charge on any atom is 0.272 e. The molecule has 3 aromatic carbocycles. The van der Waals surface area contributed by atoms with Crippen molar-refractivity contribution in [3.63, 3.8) is 0 Å². The van der Waals surface area contributed by atoms with Crippen molar-refractivity contribution in [1.29, 1.82) is 0 Å². The molecule has 0 aliphatic carbocycles. The second-order valence-corrected chi connectivity index (χ2v) is 9.39. The number of aryl methyl sites for hydroxylation is 2. The van der Waals surface area contributed by atoms with Crippen LogP contribution in [0.1, 0.15) is 33.5 Å². The Labute approximate surface area is 225 Å². The Morgan fingerprint density at radius 2 is 1.90 bits per heavy atom. The van der Waals surface area contributed by atoms with Crippen molar-refractivity contribution in [2.24, 2.45) is 0 Å². The van der Waals surface area contributed by atoms with Crippen LogP contribution < -0.4 is 10.1 Å². The van der Waals surface area contributed by atoms with E-state index < -0.39 is 6.04 Å². The Kier molecular flexibility index (Phi) is 6.74. The quantitative estimate of drug-likeness (QED) is 0.273. The lowest BCUT2D eigenvalue weighted by Gasteiger charge is -2.20. The molecule has 1 atom stereocenters. The number of hydrogen-bond donors (Lipinski definition) is 2. The van der Waals surface area contributed by atoms with Crippen molar-refractivity contribution >= 4 is 27.8 Å². The molecule has 0 bridgehead atoms. The molecule has 0 aliphatic rings. The van der Waals surface area contributed by atoms with Crippen LogP contribution in [0, 0.1) is 0 Å². The highest BCUT2D eigenvalue weighted by Gasteiger charge is 2.25. The number of fused-ring (bicyclic) bond motifs is 2. The molecule has 1 amide bonds. The highest BCUT2D eigenvalue weighted by Crippen LogP contribution is 2.29. The van der Waals surface area contributed by atoms with E-state index in [4.69, 9.17) is 9.72 Å². The molecule has 39 heavy (non-hydrogen) atoms. The van der Waals surface area contributed by atoms with E-state index in [1.807, 2.05) is 60.8 Å². The fourth-order valence-electron chi connectivity index (χ4n) is 5.01. The first-order valence-electron chi connectivity index (χ1n) is 12.9. The third kappa shape index (κ3) is 5.09. The molecular formula is C31H28N6O2. The van der Waals surface area contributed by atoms with Gasteiger partial charge in [0.2, 0.25) is 0 Å². The lowest BCUT2D eigenvalue weighted by atomic mass is 10.0. The molecule has 3 heterocycles. The van der Waals surface area contributed by atoms with Gasteiger partial charge in [-0.2, -0.15) is 0 Å². The molecule has 0 aliphatic heterocycles. The van der Waals surface area contributed by atoms with E-state index in [1.165, 1.54) is 18.0 Å². The number of para-hydroxylation sites is 1. The van der Waals surface area contributed by atoms with Gasteiger partial charge in [-0.3, -0.25) is 9.78 Å². The second-order valence-electron chi connectivity index (χ2n) is 9.39. The van der Waals surface area contributed by atoms with Gasteiger partial charge >= 0.3 is 0 Å². The number of carbonyl (C=O) groups excluding carboxylic acids is 1. The van der Waals surface area contributed by atoms with Gasteiger partial charge in [-0.1, -0.05) is 48.5 Å². The molecular weight excluding hydrogens is 488 g/mol. The first kappa shape index (κ1) is 24.4. The van der Waals surface area contributed by atoms with Gasteiger partial charge in [-0.25, -0.2) is 9.97 Å². The summed E-state index contributed by atoms with van der Waals surface area (Å²) in [7, 11) is 1.66. The molecule has 0 saturated heterocycles. The number of H-pyrrole nitrogens is 1. The van der Waals surface area contributed by atoms with Gasteiger partial charge < -0.3 is 19.6 Å². The monoisotopic (exact) mass is 516 g/mol. The number of carbonyl (C=O) groups is 1. The SMILES string of the molecule is COc1ccc2nc(C(Cc3c[nH]c4ccccc34)NC(=O)c3cnccn3)n(CCc3ccccc3)c2c1. The van der Waals surface area contributed by atoms with E-state index in [0.717, 1.165) is 45.5 Å². The van der Waals surface area contributed by atoms with Crippen LogP contribution in [0.4, 0.5) is 0 Å². The largest absolute Gasteiger partial charge is 0.497 e. The van der Waals surface area contributed by atoms with Crippen molar-refractivity contribution in [2.75, 3.05) is 7.11 Å². The smallest absolute Gasteiger partial charge is 0.272 e. The standard InChI is InChI=1S/C31H28N6O2/c1-39-23-11-12-26-29(18-23)37(16-13-21-7-3-2-4-8-21)30(35-26)27(36-31(38)28-20-32-14-15-33-28)17-22-19-34-25-10-6-5-9-24(22)25/h2-12,14-15,18-20,27,34H,13,16-17H2,1H3,(H,36,38). The number of hydrogen-bond acceptors (Lipinski definition) is 5. The van der Waals surface area contributed by atoms with Crippen LogP contribution in [-0.2, 0) is 19.4 Å². The molecule has 2 N–H and O–H groups in total.